The summed E-state index contributed by atoms with van der Waals surface area (Å²) >= 11 is 1.69. The van der Waals surface area contributed by atoms with E-state index in [-0.39, 0.29) is 0 Å². The summed E-state index contributed by atoms with van der Waals surface area (Å²) < 4.78 is 6.95. The van der Waals surface area contributed by atoms with Crippen LogP contribution in [0.1, 0.15) is 5.69 Å². The molecule has 0 unspecified atom stereocenters. The van der Waals surface area contributed by atoms with Gasteiger partial charge in [-0.05, 0) is 37.4 Å². The third-order valence-electron chi connectivity index (χ3n) is 3.24. The summed E-state index contributed by atoms with van der Waals surface area (Å²) in [5.74, 6) is 0.580. The number of ether oxygens (including phenoxy) is 1. The van der Waals surface area contributed by atoms with Gasteiger partial charge in [0.25, 0.3) is 0 Å². The molecule has 0 N–H and O–H groups in total. The molecule has 0 aliphatic heterocycles. The predicted molar refractivity (Wildman–Crippen MR) is 87.7 cm³/mol. The lowest BCUT2D eigenvalue weighted by atomic mass is 10.2. The molecule has 0 bridgehead atoms. The first-order chi connectivity index (χ1) is 10.7. The fraction of sp³-hybridized carbons (Fsp3) is 0.188. The second-order valence-corrected chi connectivity index (χ2v) is 5.60. The summed E-state index contributed by atoms with van der Waals surface area (Å²) in [5.41, 5.74) is 3.64. The van der Waals surface area contributed by atoms with Crippen molar-refractivity contribution in [3.05, 3.63) is 48.4 Å². The second kappa shape index (κ2) is 6.19. The van der Waals surface area contributed by atoms with Crippen LogP contribution >= 0.6 is 11.8 Å². The highest BCUT2D eigenvalue weighted by molar-refractivity contribution is 7.98. The van der Waals surface area contributed by atoms with E-state index in [0.717, 1.165) is 22.8 Å². The van der Waals surface area contributed by atoms with Gasteiger partial charge < -0.3 is 4.74 Å². The second-order valence-electron chi connectivity index (χ2n) is 4.72. The van der Waals surface area contributed by atoms with Crippen LogP contribution in [0.4, 0.5) is 0 Å². The van der Waals surface area contributed by atoms with Gasteiger partial charge >= 0.3 is 0 Å². The van der Waals surface area contributed by atoms with E-state index in [1.165, 1.54) is 4.90 Å². The largest absolute Gasteiger partial charge is 0.481 e. The number of hydrogen-bond donors (Lipinski definition) is 0. The number of pyridine rings is 2. The van der Waals surface area contributed by atoms with Gasteiger partial charge in [0.15, 0.2) is 0 Å². The van der Waals surface area contributed by atoms with Gasteiger partial charge in [0.2, 0.25) is 5.88 Å². The van der Waals surface area contributed by atoms with Crippen LogP contribution in [0.25, 0.3) is 17.1 Å². The minimum absolute atomic E-state index is 0.580. The number of rotatable bonds is 4. The highest BCUT2D eigenvalue weighted by Crippen LogP contribution is 2.25. The van der Waals surface area contributed by atoms with Crippen molar-refractivity contribution in [3.8, 4) is 23.0 Å². The van der Waals surface area contributed by atoms with E-state index in [1.54, 1.807) is 25.1 Å². The lowest BCUT2D eigenvalue weighted by molar-refractivity contribution is 0.397. The SMILES string of the molecule is COc1ccc(-n2nc(C)cc2-c2cc(SC)ccn2)cn1. The molecule has 0 aliphatic rings. The molecule has 0 atom stereocenters. The Labute approximate surface area is 133 Å². The number of hydrogen-bond acceptors (Lipinski definition) is 5. The number of aryl methyl sites for hydroxylation is 1. The molecule has 0 spiro atoms. The van der Waals surface area contributed by atoms with Crippen molar-refractivity contribution < 1.29 is 4.74 Å². The maximum atomic E-state index is 5.10. The average molecular weight is 312 g/mol. The minimum atomic E-state index is 0.580. The number of methoxy groups -OCH3 is 1. The van der Waals surface area contributed by atoms with Crippen molar-refractivity contribution in [1.29, 1.82) is 0 Å². The summed E-state index contributed by atoms with van der Waals surface area (Å²) in [4.78, 5) is 9.88. The maximum absolute atomic E-state index is 5.10. The van der Waals surface area contributed by atoms with Crippen LogP contribution in [0.3, 0.4) is 0 Å². The predicted octanol–water partition coefficient (Wildman–Crippen LogP) is 3.37. The molecule has 3 aromatic rings. The molecular formula is C16H16N4OS. The maximum Gasteiger partial charge on any atom is 0.213 e. The van der Waals surface area contributed by atoms with E-state index >= 15 is 0 Å². The first-order valence-electron chi connectivity index (χ1n) is 6.79. The van der Waals surface area contributed by atoms with Crippen LogP contribution in [0.2, 0.25) is 0 Å². The Balaban J connectivity index is 2.08. The van der Waals surface area contributed by atoms with Crippen molar-refractivity contribution in [2.24, 2.45) is 0 Å². The molecule has 0 radical (unpaired) electrons. The van der Waals surface area contributed by atoms with E-state index in [0.29, 0.717) is 5.88 Å². The van der Waals surface area contributed by atoms with Crippen molar-refractivity contribution >= 4 is 11.8 Å². The molecule has 0 fully saturated rings. The average Bonchev–Trinajstić information content (AvgIpc) is 2.97. The molecule has 0 saturated carbocycles. The zero-order valence-corrected chi connectivity index (χ0v) is 13.5. The van der Waals surface area contributed by atoms with Crippen molar-refractivity contribution in [1.82, 2.24) is 19.7 Å². The van der Waals surface area contributed by atoms with Crippen LogP contribution in [-0.2, 0) is 0 Å². The standard InChI is InChI=1S/C16H16N4OS/c1-11-8-15(14-9-13(22-3)6-7-17-14)20(19-11)12-4-5-16(21-2)18-10-12/h4-10H,1-3H3. The molecule has 6 heteroatoms. The first-order valence-corrected chi connectivity index (χ1v) is 8.01. The van der Waals surface area contributed by atoms with Crippen molar-refractivity contribution in [3.63, 3.8) is 0 Å². The smallest absolute Gasteiger partial charge is 0.213 e. The summed E-state index contributed by atoms with van der Waals surface area (Å²) in [6.45, 7) is 1.97. The Morgan fingerprint density at radius 1 is 1.14 bits per heavy atom. The monoisotopic (exact) mass is 312 g/mol. The fourth-order valence-electron chi connectivity index (χ4n) is 2.18. The Morgan fingerprint density at radius 2 is 2.00 bits per heavy atom. The van der Waals surface area contributed by atoms with Crippen LogP contribution in [0.15, 0.2) is 47.6 Å². The van der Waals surface area contributed by atoms with Crippen molar-refractivity contribution in [2.75, 3.05) is 13.4 Å². The van der Waals surface area contributed by atoms with E-state index in [1.807, 2.05) is 42.1 Å². The molecule has 3 aromatic heterocycles. The Hall–Kier alpha value is -2.34. The minimum Gasteiger partial charge on any atom is -0.481 e. The molecule has 3 heterocycles. The zero-order valence-electron chi connectivity index (χ0n) is 12.6. The van der Waals surface area contributed by atoms with Crippen molar-refractivity contribution in [2.45, 2.75) is 11.8 Å². The molecule has 0 aliphatic carbocycles. The van der Waals surface area contributed by atoms with Crippen LogP contribution < -0.4 is 4.74 Å². The fourth-order valence-corrected chi connectivity index (χ4v) is 2.60. The van der Waals surface area contributed by atoms with Crippen LogP contribution in [0, 0.1) is 6.92 Å². The van der Waals surface area contributed by atoms with Gasteiger partial charge in [0, 0.05) is 17.2 Å². The topological polar surface area (TPSA) is 52.8 Å². The van der Waals surface area contributed by atoms with Gasteiger partial charge in [0.05, 0.1) is 36.1 Å². The lowest BCUT2D eigenvalue weighted by Crippen LogP contribution is -2.01. The Kier molecular flexibility index (Phi) is 4.11. The van der Waals surface area contributed by atoms with Gasteiger partial charge in [-0.2, -0.15) is 5.10 Å². The third kappa shape index (κ3) is 2.82. The summed E-state index contributed by atoms with van der Waals surface area (Å²) in [6.07, 6.45) is 5.61. The molecule has 5 nitrogen and oxygen atoms in total. The molecule has 22 heavy (non-hydrogen) atoms. The number of nitrogens with zero attached hydrogens (tertiary/aromatic N) is 4. The Bertz CT molecular complexity index is 783. The third-order valence-corrected chi connectivity index (χ3v) is 3.96. The lowest BCUT2D eigenvalue weighted by Gasteiger charge is -2.08. The van der Waals surface area contributed by atoms with Gasteiger partial charge in [-0.15, -0.1) is 11.8 Å². The van der Waals surface area contributed by atoms with Gasteiger partial charge in [-0.1, -0.05) is 0 Å². The van der Waals surface area contributed by atoms with E-state index in [2.05, 4.69) is 27.4 Å². The van der Waals surface area contributed by atoms with E-state index in [9.17, 15) is 0 Å². The molecule has 0 amide bonds. The normalized spacial score (nSPS) is 10.7. The molecule has 112 valence electrons. The van der Waals surface area contributed by atoms with Crippen LogP contribution in [-0.4, -0.2) is 33.1 Å². The molecule has 0 saturated heterocycles. The molecule has 0 aromatic carbocycles. The Morgan fingerprint density at radius 3 is 2.68 bits per heavy atom. The summed E-state index contributed by atoms with van der Waals surface area (Å²) in [5, 5.41) is 4.56. The summed E-state index contributed by atoms with van der Waals surface area (Å²) in [6, 6.07) is 9.84. The van der Waals surface area contributed by atoms with Gasteiger partial charge in [-0.25, -0.2) is 9.67 Å². The van der Waals surface area contributed by atoms with E-state index < -0.39 is 0 Å². The number of aromatic nitrogens is 4. The molecular weight excluding hydrogens is 296 g/mol. The number of thioether (sulfide) groups is 1. The quantitative estimate of drug-likeness (QED) is 0.691. The molecule has 3 rings (SSSR count). The van der Waals surface area contributed by atoms with E-state index in [4.69, 9.17) is 4.74 Å². The highest BCUT2D eigenvalue weighted by Gasteiger charge is 2.12. The zero-order chi connectivity index (χ0) is 15.5. The van der Waals surface area contributed by atoms with Crippen LogP contribution in [0.5, 0.6) is 5.88 Å². The van der Waals surface area contributed by atoms with Gasteiger partial charge in [-0.3, -0.25) is 4.98 Å². The highest BCUT2D eigenvalue weighted by atomic mass is 32.2. The first kappa shape index (κ1) is 14.6. The van der Waals surface area contributed by atoms with Gasteiger partial charge in [0.1, 0.15) is 0 Å². The summed E-state index contributed by atoms with van der Waals surface area (Å²) in [7, 11) is 1.60.